The molecular weight excluding hydrogens is 348 g/mol. The van der Waals surface area contributed by atoms with Crippen molar-refractivity contribution in [2.45, 2.75) is 4.90 Å². The third kappa shape index (κ3) is 2.66. The predicted octanol–water partition coefficient (Wildman–Crippen LogP) is 3.41. The van der Waals surface area contributed by atoms with Crippen molar-refractivity contribution in [2.24, 2.45) is 0 Å². The van der Waals surface area contributed by atoms with E-state index in [2.05, 4.69) is 9.97 Å². The van der Waals surface area contributed by atoms with Crippen molar-refractivity contribution in [3.63, 3.8) is 0 Å². The number of anilines is 1. The van der Waals surface area contributed by atoms with Crippen LogP contribution in [0.2, 0.25) is 0 Å². The van der Waals surface area contributed by atoms with Gasteiger partial charge in [-0.2, -0.15) is 0 Å². The number of amidine groups is 1. The van der Waals surface area contributed by atoms with Crippen molar-refractivity contribution >= 4 is 39.8 Å². The highest BCUT2D eigenvalue weighted by molar-refractivity contribution is 7.98. The maximum atomic E-state index is 12.4. The number of para-hydroxylation sites is 1. The number of aromatic nitrogens is 2. The summed E-state index contributed by atoms with van der Waals surface area (Å²) in [5, 5.41) is 19.4. The maximum absolute atomic E-state index is 12.4. The van der Waals surface area contributed by atoms with Crippen molar-refractivity contribution in [2.75, 3.05) is 17.7 Å². The zero-order chi connectivity index (χ0) is 18.3. The molecule has 0 saturated heterocycles. The summed E-state index contributed by atoms with van der Waals surface area (Å²) in [7, 11) is 0. The Morgan fingerprint density at radius 3 is 2.73 bits per heavy atom. The number of hydrogen-bond acceptors (Lipinski definition) is 5. The van der Waals surface area contributed by atoms with Crippen molar-refractivity contribution in [3.8, 4) is 0 Å². The summed E-state index contributed by atoms with van der Waals surface area (Å²) >= 11 is 1.56. The van der Waals surface area contributed by atoms with Gasteiger partial charge in [-0.15, -0.1) is 11.8 Å². The van der Waals surface area contributed by atoms with Crippen molar-refractivity contribution in [3.05, 3.63) is 70.5 Å². The van der Waals surface area contributed by atoms with Crippen LogP contribution in [0.4, 0.5) is 5.69 Å². The topological polar surface area (TPSA) is 93.1 Å². The molecule has 0 saturated carbocycles. The molecule has 2 heterocycles. The van der Waals surface area contributed by atoms with Crippen molar-refractivity contribution < 1.29 is 5.11 Å². The Hall–Kier alpha value is -3.06. The van der Waals surface area contributed by atoms with Gasteiger partial charge in [-0.3, -0.25) is 10.2 Å². The first-order valence-corrected chi connectivity index (χ1v) is 9.23. The number of fused-ring (bicyclic) bond motifs is 1. The van der Waals surface area contributed by atoms with Crippen LogP contribution in [0.5, 0.6) is 0 Å². The summed E-state index contributed by atoms with van der Waals surface area (Å²) in [4.78, 5) is 22.3. The van der Waals surface area contributed by atoms with Gasteiger partial charge in [0.2, 0.25) is 0 Å². The summed E-state index contributed by atoms with van der Waals surface area (Å²) < 4.78 is 0. The van der Waals surface area contributed by atoms with Gasteiger partial charge >= 0.3 is 0 Å². The van der Waals surface area contributed by atoms with E-state index < -0.39 is 0 Å². The second-order valence-corrected chi connectivity index (χ2v) is 6.77. The highest BCUT2D eigenvalue weighted by Crippen LogP contribution is 2.29. The molecule has 4 rings (SSSR count). The van der Waals surface area contributed by atoms with E-state index in [1.807, 2.05) is 48.7 Å². The number of rotatable bonds is 3. The molecular formula is C19H16N4O2S. The fourth-order valence-electron chi connectivity index (χ4n) is 3.02. The standard InChI is InChI=1S/C19H16N4O2S/c1-26-12-7-8-13-14(9-12)21-18(22-19(13)25)16-15(24)10-23(17(16)20)11-5-3-2-4-6-11/h2-9,20,24H,10H2,1H3,(H,21,22,25). The summed E-state index contributed by atoms with van der Waals surface area (Å²) in [5.41, 5.74) is 1.31. The molecule has 0 fully saturated rings. The van der Waals surface area contributed by atoms with Gasteiger partial charge in [0, 0.05) is 10.6 Å². The normalized spacial score (nSPS) is 14.5. The molecule has 0 radical (unpaired) electrons. The molecule has 0 amide bonds. The van der Waals surface area contributed by atoms with Gasteiger partial charge in [-0.05, 0) is 36.6 Å². The van der Waals surface area contributed by atoms with Crippen LogP contribution in [0.3, 0.4) is 0 Å². The van der Waals surface area contributed by atoms with Crippen LogP contribution < -0.4 is 10.5 Å². The number of aromatic amines is 1. The van der Waals surface area contributed by atoms with Gasteiger partial charge in [0.05, 0.1) is 23.0 Å². The van der Waals surface area contributed by atoms with Crippen molar-refractivity contribution in [1.29, 1.82) is 5.41 Å². The van der Waals surface area contributed by atoms with Gasteiger partial charge in [0.15, 0.2) is 0 Å². The molecule has 3 aromatic rings. The van der Waals surface area contributed by atoms with Gasteiger partial charge < -0.3 is 15.0 Å². The summed E-state index contributed by atoms with van der Waals surface area (Å²) in [6.07, 6.45) is 1.95. The molecule has 2 aromatic carbocycles. The molecule has 1 aromatic heterocycles. The maximum Gasteiger partial charge on any atom is 0.259 e. The first kappa shape index (κ1) is 16.4. The number of aliphatic hydroxyl groups is 1. The van der Waals surface area contributed by atoms with E-state index in [0.29, 0.717) is 10.9 Å². The lowest BCUT2D eigenvalue weighted by Gasteiger charge is -2.18. The Kier molecular flexibility index (Phi) is 4.00. The first-order chi connectivity index (χ1) is 12.6. The predicted molar refractivity (Wildman–Crippen MR) is 105 cm³/mol. The second kappa shape index (κ2) is 6.34. The number of nitrogens with zero attached hydrogens (tertiary/aromatic N) is 2. The second-order valence-electron chi connectivity index (χ2n) is 5.89. The van der Waals surface area contributed by atoms with E-state index in [0.717, 1.165) is 10.6 Å². The van der Waals surface area contributed by atoms with Gasteiger partial charge in [-0.1, -0.05) is 18.2 Å². The molecule has 1 aliphatic heterocycles. The Balaban J connectivity index is 1.81. The molecule has 26 heavy (non-hydrogen) atoms. The minimum absolute atomic E-state index is 0.0161. The third-order valence-electron chi connectivity index (χ3n) is 4.32. The average molecular weight is 364 g/mol. The van der Waals surface area contributed by atoms with Gasteiger partial charge in [0.25, 0.3) is 5.56 Å². The SMILES string of the molecule is CSc1ccc2c(=O)[nH]c(C3=C(O)CN(c4ccccc4)C3=N)nc2c1. The summed E-state index contributed by atoms with van der Waals surface area (Å²) in [5.74, 6) is 0.335. The van der Waals surface area contributed by atoms with Crippen LogP contribution in [-0.2, 0) is 0 Å². The van der Waals surface area contributed by atoms with E-state index >= 15 is 0 Å². The van der Waals surface area contributed by atoms with Crippen LogP contribution >= 0.6 is 11.8 Å². The van der Waals surface area contributed by atoms with E-state index in [-0.39, 0.29) is 35.1 Å². The Morgan fingerprint density at radius 2 is 2.00 bits per heavy atom. The smallest absolute Gasteiger partial charge is 0.259 e. The average Bonchev–Trinajstić information content (AvgIpc) is 2.96. The zero-order valence-corrected chi connectivity index (χ0v) is 14.8. The summed E-state index contributed by atoms with van der Waals surface area (Å²) in [6, 6.07) is 14.8. The van der Waals surface area contributed by atoms with Gasteiger partial charge in [-0.25, -0.2) is 4.98 Å². The summed E-state index contributed by atoms with van der Waals surface area (Å²) in [6.45, 7) is 0.171. The van der Waals surface area contributed by atoms with Crippen LogP contribution in [-0.4, -0.2) is 33.7 Å². The molecule has 3 N–H and O–H groups in total. The lowest BCUT2D eigenvalue weighted by molar-refractivity contribution is 0.411. The molecule has 6 nitrogen and oxygen atoms in total. The first-order valence-electron chi connectivity index (χ1n) is 8.00. The van der Waals surface area contributed by atoms with Gasteiger partial charge in [0.1, 0.15) is 17.4 Å². The lowest BCUT2D eigenvalue weighted by atomic mass is 10.2. The minimum atomic E-state index is -0.288. The number of thioether (sulfide) groups is 1. The van der Waals surface area contributed by atoms with E-state index in [4.69, 9.17) is 5.41 Å². The van der Waals surface area contributed by atoms with E-state index in [1.165, 1.54) is 0 Å². The minimum Gasteiger partial charge on any atom is -0.509 e. The molecule has 1 aliphatic rings. The quantitative estimate of drug-likeness (QED) is 0.619. The van der Waals surface area contributed by atoms with Crippen LogP contribution in [0.15, 0.2) is 64.0 Å². The molecule has 0 bridgehead atoms. The Morgan fingerprint density at radius 1 is 1.23 bits per heavy atom. The molecule has 0 atom stereocenters. The van der Waals surface area contributed by atoms with Crippen molar-refractivity contribution in [1.82, 2.24) is 9.97 Å². The number of hydrogen-bond donors (Lipinski definition) is 3. The highest BCUT2D eigenvalue weighted by atomic mass is 32.2. The molecule has 0 unspecified atom stereocenters. The largest absolute Gasteiger partial charge is 0.509 e. The third-order valence-corrected chi connectivity index (χ3v) is 5.05. The fraction of sp³-hybridized carbons (Fsp3) is 0.105. The molecule has 130 valence electrons. The number of H-pyrrole nitrogens is 1. The molecule has 0 spiro atoms. The zero-order valence-electron chi connectivity index (χ0n) is 14.0. The van der Waals surface area contributed by atoms with Crippen LogP contribution in [0.1, 0.15) is 5.82 Å². The Labute approximate surface area is 153 Å². The Bertz CT molecular complexity index is 1110. The number of nitrogens with one attached hydrogen (secondary N) is 2. The lowest BCUT2D eigenvalue weighted by Crippen LogP contribution is -2.26. The molecule has 0 aliphatic carbocycles. The van der Waals surface area contributed by atoms with Crippen LogP contribution in [0, 0.1) is 5.41 Å². The van der Waals surface area contributed by atoms with E-state index in [1.54, 1.807) is 22.7 Å². The van der Waals surface area contributed by atoms with Crippen LogP contribution in [0.25, 0.3) is 16.5 Å². The van der Waals surface area contributed by atoms with E-state index in [9.17, 15) is 9.90 Å². The number of aliphatic hydroxyl groups excluding tert-OH is 1. The molecule has 7 heteroatoms. The highest BCUT2D eigenvalue weighted by Gasteiger charge is 2.31. The number of benzene rings is 2. The monoisotopic (exact) mass is 364 g/mol. The fourth-order valence-corrected chi connectivity index (χ4v) is 3.45.